The van der Waals surface area contributed by atoms with E-state index >= 15 is 0 Å². The van der Waals surface area contributed by atoms with Crippen LogP contribution in [-0.2, 0) is 6.54 Å². The number of carbonyl (C=O) groups excluding carboxylic acids is 1. The number of carbonyl (C=O) groups is 1. The second kappa shape index (κ2) is 10.8. The summed E-state index contributed by atoms with van der Waals surface area (Å²) in [6.07, 6.45) is 8.13. The van der Waals surface area contributed by atoms with Crippen LogP contribution in [0.4, 0.5) is 8.78 Å². The molecule has 2 aromatic carbocycles. The van der Waals surface area contributed by atoms with Crippen molar-refractivity contribution >= 4 is 38.9 Å². The van der Waals surface area contributed by atoms with E-state index in [4.69, 9.17) is 11.6 Å². The molecular formula is C29H27ClF2N2O2S. The van der Waals surface area contributed by atoms with Crippen LogP contribution >= 0.6 is 22.9 Å². The van der Waals surface area contributed by atoms with E-state index in [-0.39, 0.29) is 44.2 Å². The number of phenolic OH excluding ortho intramolecular Hbond substituents is 1. The predicted molar refractivity (Wildman–Crippen MR) is 144 cm³/mol. The first-order valence-electron chi connectivity index (χ1n) is 12.5. The number of benzene rings is 2. The Hall–Kier alpha value is -3.03. The Morgan fingerprint density at radius 3 is 2.43 bits per heavy atom. The average Bonchev–Trinajstić information content (AvgIpc) is 3.29. The molecule has 2 aromatic heterocycles. The number of thiophene rings is 1. The third kappa shape index (κ3) is 5.07. The molecule has 0 spiro atoms. The van der Waals surface area contributed by atoms with Gasteiger partial charge in [0.2, 0.25) is 0 Å². The lowest BCUT2D eigenvalue weighted by Gasteiger charge is -2.37. The molecular weight excluding hydrogens is 514 g/mol. The van der Waals surface area contributed by atoms with E-state index in [9.17, 15) is 18.7 Å². The smallest absolute Gasteiger partial charge is 0.266 e. The Morgan fingerprint density at radius 1 is 1.05 bits per heavy atom. The number of nitrogens with zero attached hydrogens (tertiary/aromatic N) is 2. The van der Waals surface area contributed by atoms with Crippen molar-refractivity contribution in [1.29, 1.82) is 0 Å². The molecule has 0 bridgehead atoms. The van der Waals surface area contributed by atoms with E-state index < -0.39 is 11.6 Å². The van der Waals surface area contributed by atoms with Gasteiger partial charge in [-0.1, -0.05) is 31.0 Å². The average molecular weight is 541 g/mol. The van der Waals surface area contributed by atoms with Crippen molar-refractivity contribution in [2.24, 2.45) is 5.92 Å². The van der Waals surface area contributed by atoms with E-state index in [2.05, 4.69) is 11.9 Å². The largest absolute Gasteiger partial charge is 0.508 e. The summed E-state index contributed by atoms with van der Waals surface area (Å²) in [5, 5.41) is 10.6. The fourth-order valence-corrected chi connectivity index (χ4v) is 6.72. The highest BCUT2D eigenvalue weighted by Crippen LogP contribution is 2.41. The van der Waals surface area contributed by atoms with Crippen LogP contribution in [0.15, 0.2) is 54.9 Å². The Bertz CT molecular complexity index is 1440. The molecule has 1 N–H and O–H groups in total. The lowest BCUT2D eigenvalue weighted by molar-refractivity contribution is 0.0591. The van der Waals surface area contributed by atoms with Gasteiger partial charge in [-0.25, -0.2) is 8.78 Å². The zero-order valence-electron chi connectivity index (χ0n) is 20.4. The van der Waals surface area contributed by atoms with Crippen molar-refractivity contribution in [2.75, 3.05) is 0 Å². The third-order valence-corrected chi connectivity index (χ3v) is 9.08. The van der Waals surface area contributed by atoms with Crippen molar-refractivity contribution in [3.05, 3.63) is 82.0 Å². The van der Waals surface area contributed by atoms with Gasteiger partial charge in [-0.2, -0.15) is 0 Å². The maximum Gasteiger partial charge on any atom is 0.266 e. The molecule has 1 aliphatic rings. The topological polar surface area (TPSA) is 53.4 Å². The Morgan fingerprint density at radius 2 is 1.76 bits per heavy atom. The number of hydrogen-bond acceptors (Lipinski definition) is 4. The molecule has 1 amide bonds. The lowest BCUT2D eigenvalue weighted by Crippen LogP contribution is -2.41. The monoisotopic (exact) mass is 540 g/mol. The van der Waals surface area contributed by atoms with Gasteiger partial charge in [0.05, 0.1) is 15.1 Å². The summed E-state index contributed by atoms with van der Waals surface area (Å²) in [7, 11) is 0. The molecule has 0 saturated heterocycles. The lowest BCUT2D eigenvalue weighted by atomic mass is 9.83. The van der Waals surface area contributed by atoms with Crippen LogP contribution in [0, 0.1) is 17.6 Å². The second-order valence-electron chi connectivity index (χ2n) is 9.57. The van der Waals surface area contributed by atoms with Gasteiger partial charge in [-0.15, -0.1) is 11.3 Å². The number of fused-ring (bicyclic) bond motifs is 1. The molecule has 0 radical (unpaired) electrons. The molecule has 5 rings (SSSR count). The van der Waals surface area contributed by atoms with Crippen LogP contribution in [-0.4, -0.2) is 26.9 Å². The first kappa shape index (κ1) is 25.6. The van der Waals surface area contributed by atoms with Crippen molar-refractivity contribution in [3.8, 4) is 16.9 Å². The van der Waals surface area contributed by atoms with Crippen molar-refractivity contribution in [3.63, 3.8) is 0 Å². The van der Waals surface area contributed by atoms with Gasteiger partial charge in [0.15, 0.2) is 0 Å². The number of rotatable bonds is 6. The minimum absolute atomic E-state index is 0.0329. The number of halogens is 3. The second-order valence-corrected chi connectivity index (χ2v) is 11.0. The van der Waals surface area contributed by atoms with Crippen LogP contribution < -0.4 is 0 Å². The van der Waals surface area contributed by atoms with Crippen LogP contribution in [0.5, 0.6) is 5.75 Å². The quantitative estimate of drug-likeness (QED) is 0.268. The molecule has 0 atom stereocenters. The Labute approximate surface area is 223 Å². The highest BCUT2D eigenvalue weighted by Gasteiger charge is 2.33. The standard InChI is InChI=1S/C29H27ClF2N2O2S/c1-2-17-3-6-21(7-4-17)34(16-20-15-19(5-10-24(20)35)18-11-13-33-14-12-18)29(36)28-26(30)25-22(31)8-9-23(32)27(25)37-28/h5,8-15,17,21,35H,2-4,6-7,16H2,1H3. The summed E-state index contributed by atoms with van der Waals surface area (Å²) < 4.78 is 29.1. The van der Waals surface area contributed by atoms with Crippen molar-refractivity contribution in [1.82, 2.24) is 9.88 Å². The van der Waals surface area contributed by atoms with Crippen LogP contribution in [0.3, 0.4) is 0 Å². The summed E-state index contributed by atoms with van der Waals surface area (Å²) >= 11 is 7.38. The molecule has 0 unspecified atom stereocenters. The summed E-state index contributed by atoms with van der Waals surface area (Å²) in [6.45, 7) is 2.33. The molecule has 192 valence electrons. The zero-order valence-corrected chi connectivity index (χ0v) is 22.0. The maximum absolute atomic E-state index is 14.5. The summed E-state index contributed by atoms with van der Waals surface area (Å²) in [6, 6.07) is 11.1. The first-order chi connectivity index (χ1) is 17.9. The molecule has 0 aliphatic heterocycles. The van der Waals surface area contributed by atoms with Crippen molar-refractivity contribution < 1.29 is 18.7 Å². The molecule has 4 nitrogen and oxygen atoms in total. The zero-order chi connectivity index (χ0) is 26.1. The van der Waals surface area contributed by atoms with Gasteiger partial charge in [-0.05, 0) is 79.1 Å². The first-order valence-corrected chi connectivity index (χ1v) is 13.7. The minimum atomic E-state index is -0.658. The van der Waals surface area contributed by atoms with Gasteiger partial charge in [0, 0.05) is 30.5 Å². The molecule has 8 heteroatoms. The van der Waals surface area contributed by atoms with Gasteiger partial charge in [0.1, 0.15) is 22.3 Å². The van der Waals surface area contributed by atoms with Gasteiger partial charge >= 0.3 is 0 Å². The SMILES string of the molecule is CCC1CCC(N(Cc2cc(-c3ccncc3)ccc2O)C(=O)c2sc3c(F)ccc(F)c3c2Cl)CC1. The number of hydrogen-bond donors (Lipinski definition) is 1. The maximum atomic E-state index is 14.5. The molecule has 1 fully saturated rings. The normalized spacial score (nSPS) is 17.7. The predicted octanol–water partition coefficient (Wildman–Crippen LogP) is 8.21. The van der Waals surface area contributed by atoms with Gasteiger partial charge in [-0.3, -0.25) is 9.78 Å². The highest BCUT2D eigenvalue weighted by atomic mass is 35.5. The highest BCUT2D eigenvalue weighted by molar-refractivity contribution is 7.21. The number of amides is 1. The summed E-state index contributed by atoms with van der Waals surface area (Å²) in [5.74, 6) is -0.946. The van der Waals surface area contributed by atoms with E-state index in [0.717, 1.165) is 66.7 Å². The number of phenols is 1. The Balaban J connectivity index is 1.54. The van der Waals surface area contributed by atoms with Crippen LogP contribution in [0.2, 0.25) is 5.02 Å². The van der Waals surface area contributed by atoms with E-state index in [1.165, 1.54) is 0 Å². The van der Waals surface area contributed by atoms with Gasteiger partial charge in [0.25, 0.3) is 5.91 Å². The third-order valence-electron chi connectivity index (χ3n) is 7.41. The summed E-state index contributed by atoms with van der Waals surface area (Å²) in [4.78, 5) is 19.9. The minimum Gasteiger partial charge on any atom is -0.508 e. The molecule has 4 aromatic rings. The fraction of sp³-hybridized carbons (Fsp3) is 0.310. The molecule has 37 heavy (non-hydrogen) atoms. The van der Waals surface area contributed by atoms with Crippen molar-refractivity contribution in [2.45, 2.75) is 51.6 Å². The van der Waals surface area contributed by atoms with E-state index in [0.29, 0.717) is 11.5 Å². The fourth-order valence-electron chi connectivity index (χ4n) is 5.22. The number of pyridine rings is 1. The Kier molecular flexibility index (Phi) is 7.45. The molecule has 1 aliphatic carbocycles. The molecule has 1 saturated carbocycles. The van der Waals surface area contributed by atoms with E-state index in [1.54, 1.807) is 23.4 Å². The van der Waals surface area contributed by atoms with Crippen LogP contribution in [0.1, 0.15) is 54.3 Å². The number of aromatic hydroxyl groups is 1. The van der Waals surface area contributed by atoms with Gasteiger partial charge < -0.3 is 10.0 Å². The molecule has 2 heterocycles. The number of aromatic nitrogens is 1. The summed E-state index contributed by atoms with van der Waals surface area (Å²) in [5.41, 5.74) is 2.42. The van der Waals surface area contributed by atoms with Crippen LogP contribution in [0.25, 0.3) is 21.2 Å². The van der Waals surface area contributed by atoms with E-state index in [1.807, 2.05) is 24.3 Å².